The molecule has 0 bridgehead atoms. The van der Waals surface area contributed by atoms with Crippen LogP contribution in [0.5, 0.6) is 0 Å². The fourth-order valence-electron chi connectivity index (χ4n) is 1.44. The normalized spacial score (nSPS) is 16.5. The SMILES string of the molecule is Cc1c(N)nc(C2CC2)nc1SC(C)(C)C. The van der Waals surface area contributed by atoms with E-state index in [1.165, 1.54) is 12.8 Å². The Morgan fingerprint density at radius 1 is 1.25 bits per heavy atom. The van der Waals surface area contributed by atoms with Gasteiger partial charge in [0.15, 0.2) is 0 Å². The second kappa shape index (κ2) is 3.91. The van der Waals surface area contributed by atoms with Gasteiger partial charge in [-0.15, -0.1) is 11.8 Å². The number of nitrogens with zero attached hydrogens (tertiary/aromatic N) is 2. The minimum absolute atomic E-state index is 0.159. The molecule has 1 aliphatic rings. The van der Waals surface area contributed by atoms with E-state index in [4.69, 9.17) is 5.73 Å². The van der Waals surface area contributed by atoms with Crippen LogP contribution < -0.4 is 5.73 Å². The molecular formula is C12H19N3S. The van der Waals surface area contributed by atoms with Gasteiger partial charge in [0.1, 0.15) is 16.7 Å². The maximum atomic E-state index is 5.94. The molecule has 1 aliphatic carbocycles. The molecule has 4 heteroatoms. The highest BCUT2D eigenvalue weighted by atomic mass is 32.2. The van der Waals surface area contributed by atoms with Crippen molar-refractivity contribution in [1.82, 2.24) is 9.97 Å². The standard InChI is InChI=1S/C12H19N3S/c1-7-9(13)14-10(8-5-6-8)15-11(7)16-12(2,3)4/h8H,5-6H2,1-4H3,(H2,13,14,15). The largest absolute Gasteiger partial charge is 0.383 e. The van der Waals surface area contributed by atoms with Gasteiger partial charge in [-0.05, 0) is 19.8 Å². The topological polar surface area (TPSA) is 51.8 Å². The molecule has 2 rings (SSSR count). The van der Waals surface area contributed by atoms with E-state index >= 15 is 0 Å². The van der Waals surface area contributed by atoms with Crippen LogP contribution in [0.2, 0.25) is 0 Å². The molecule has 1 aromatic heterocycles. The van der Waals surface area contributed by atoms with Crippen LogP contribution in [0.3, 0.4) is 0 Å². The summed E-state index contributed by atoms with van der Waals surface area (Å²) in [7, 11) is 0. The third-order valence-electron chi connectivity index (χ3n) is 2.50. The van der Waals surface area contributed by atoms with Gasteiger partial charge in [0.2, 0.25) is 0 Å². The molecule has 1 fully saturated rings. The summed E-state index contributed by atoms with van der Waals surface area (Å²) in [6, 6.07) is 0. The Kier molecular flexibility index (Phi) is 2.86. The van der Waals surface area contributed by atoms with Crippen molar-refractivity contribution in [3.05, 3.63) is 11.4 Å². The highest BCUT2D eigenvalue weighted by molar-refractivity contribution is 8.00. The van der Waals surface area contributed by atoms with Crippen LogP contribution in [0.1, 0.15) is 50.9 Å². The third-order valence-corrected chi connectivity index (χ3v) is 3.70. The van der Waals surface area contributed by atoms with Crippen molar-refractivity contribution in [2.45, 2.75) is 56.2 Å². The summed E-state index contributed by atoms with van der Waals surface area (Å²) in [5.41, 5.74) is 6.96. The molecule has 0 spiro atoms. The van der Waals surface area contributed by atoms with E-state index in [2.05, 4.69) is 30.7 Å². The van der Waals surface area contributed by atoms with Gasteiger partial charge >= 0.3 is 0 Å². The molecule has 1 heterocycles. The van der Waals surface area contributed by atoms with Crippen LogP contribution in [0.4, 0.5) is 5.82 Å². The van der Waals surface area contributed by atoms with Gasteiger partial charge in [-0.25, -0.2) is 9.97 Å². The molecule has 16 heavy (non-hydrogen) atoms. The quantitative estimate of drug-likeness (QED) is 0.634. The van der Waals surface area contributed by atoms with Crippen molar-refractivity contribution < 1.29 is 0 Å². The third kappa shape index (κ3) is 2.67. The summed E-state index contributed by atoms with van der Waals surface area (Å²) in [6.07, 6.45) is 2.42. The lowest BCUT2D eigenvalue weighted by Gasteiger charge is -2.19. The average Bonchev–Trinajstić information content (AvgIpc) is 2.93. The molecule has 1 saturated carbocycles. The minimum Gasteiger partial charge on any atom is -0.383 e. The molecule has 0 saturated heterocycles. The first-order chi connectivity index (χ1) is 7.37. The summed E-state index contributed by atoms with van der Waals surface area (Å²) < 4.78 is 0.159. The Labute approximate surface area is 101 Å². The van der Waals surface area contributed by atoms with Crippen LogP contribution in [0.25, 0.3) is 0 Å². The molecule has 1 aromatic rings. The Hall–Kier alpha value is -0.770. The van der Waals surface area contributed by atoms with Crippen LogP contribution in [0, 0.1) is 6.92 Å². The van der Waals surface area contributed by atoms with Crippen molar-refractivity contribution >= 4 is 17.6 Å². The Morgan fingerprint density at radius 3 is 2.38 bits per heavy atom. The number of aromatic nitrogens is 2. The molecular weight excluding hydrogens is 218 g/mol. The summed E-state index contributed by atoms with van der Waals surface area (Å²) in [6.45, 7) is 8.56. The van der Waals surface area contributed by atoms with Gasteiger partial charge in [0.25, 0.3) is 0 Å². The van der Waals surface area contributed by atoms with E-state index in [0.29, 0.717) is 11.7 Å². The lowest BCUT2D eigenvalue weighted by molar-refractivity contribution is 0.790. The number of rotatable bonds is 2. The van der Waals surface area contributed by atoms with E-state index < -0.39 is 0 Å². The van der Waals surface area contributed by atoms with Crippen molar-refractivity contribution in [2.75, 3.05) is 5.73 Å². The predicted octanol–water partition coefficient (Wildman–Crippen LogP) is 3.14. The molecule has 0 unspecified atom stereocenters. The van der Waals surface area contributed by atoms with E-state index in [1.54, 1.807) is 11.8 Å². The molecule has 3 nitrogen and oxygen atoms in total. The van der Waals surface area contributed by atoms with Gasteiger partial charge in [-0.2, -0.15) is 0 Å². The number of nitrogens with two attached hydrogens (primary N) is 1. The van der Waals surface area contributed by atoms with Gasteiger partial charge in [-0.3, -0.25) is 0 Å². The highest BCUT2D eigenvalue weighted by Gasteiger charge is 2.28. The summed E-state index contributed by atoms with van der Waals surface area (Å²) in [4.78, 5) is 9.03. The zero-order valence-electron chi connectivity index (χ0n) is 10.4. The zero-order chi connectivity index (χ0) is 11.9. The summed E-state index contributed by atoms with van der Waals surface area (Å²) in [5.74, 6) is 2.14. The van der Waals surface area contributed by atoms with Crippen LogP contribution in [-0.4, -0.2) is 14.7 Å². The van der Waals surface area contributed by atoms with E-state index in [1.807, 2.05) is 6.92 Å². The zero-order valence-corrected chi connectivity index (χ0v) is 11.2. The lowest BCUT2D eigenvalue weighted by Crippen LogP contribution is -2.11. The van der Waals surface area contributed by atoms with Crippen molar-refractivity contribution in [2.24, 2.45) is 0 Å². The molecule has 0 aromatic carbocycles. The number of hydrogen-bond acceptors (Lipinski definition) is 4. The summed E-state index contributed by atoms with van der Waals surface area (Å²) in [5, 5.41) is 1.04. The maximum absolute atomic E-state index is 5.94. The van der Waals surface area contributed by atoms with Crippen LogP contribution >= 0.6 is 11.8 Å². The van der Waals surface area contributed by atoms with Gasteiger partial charge in [0.05, 0.1) is 0 Å². The second-order valence-corrected chi connectivity index (χ2v) is 7.20. The first-order valence-electron chi connectivity index (χ1n) is 5.70. The maximum Gasteiger partial charge on any atom is 0.135 e. The number of hydrogen-bond donors (Lipinski definition) is 1. The number of anilines is 1. The highest BCUT2D eigenvalue weighted by Crippen LogP contribution is 2.41. The fraction of sp³-hybridized carbons (Fsp3) is 0.667. The molecule has 88 valence electrons. The predicted molar refractivity (Wildman–Crippen MR) is 68.8 cm³/mol. The van der Waals surface area contributed by atoms with E-state index in [9.17, 15) is 0 Å². The molecule has 0 aliphatic heterocycles. The first-order valence-corrected chi connectivity index (χ1v) is 6.51. The molecule has 0 atom stereocenters. The molecule has 0 amide bonds. The number of thioether (sulfide) groups is 1. The first kappa shape index (κ1) is 11.7. The number of nitrogen functional groups attached to an aromatic ring is 1. The summed E-state index contributed by atoms with van der Waals surface area (Å²) >= 11 is 1.77. The fourth-order valence-corrected chi connectivity index (χ4v) is 2.42. The second-order valence-electron chi connectivity index (χ2n) is 5.39. The van der Waals surface area contributed by atoms with Crippen LogP contribution in [0.15, 0.2) is 5.03 Å². The Bertz CT molecular complexity index is 405. The smallest absolute Gasteiger partial charge is 0.135 e. The van der Waals surface area contributed by atoms with Gasteiger partial charge in [0, 0.05) is 16.2 Å². The lowest BCUT2D eigenvalue weighted by atomic mass is 10.3. The van der Waals surface area contributed by atoms with Crippen molar-refractivity contribution in [1.29, 1.82) is 0 Å². The average molecular weight is 237 g/mol. The minimum atomic E-state index is 0.159. The molecule has 2 N–H and O–H groups in total. The molecule has 0 radical (unpaired) electrons. The Morgan fingerprint density at radius 2 is 1.88 bits per heavy atom. The van der Waals surface area contributed by atoms with Crippen molar-refractivity contribution in [3.63, 3.8) is 0 Å². The van der Waals surface area contributed by atoms with Gasteiger partial charge in [-0.1, -0.05) is 20.8 Å². The van der Waals surface area contributed by atoms with E-state index in [0.717, 1.165) is 16.4 Å². The van der Waals surface area contributed by atoms with E-state index in [-0.39, 0.29) is 4.75 Å². The monoisotopic (exact) mass is 237 g/mol. The van der Waals surface area contributed by atoms with Crippen LogP contribution in [-0.2, 0) is 0 Å². The Balaban J connectivity index is 2.34. The van der Waals surface area contributed by atoms with Crippen molar-refractivity contribution in [3.8, 4) is 0 Å². The van der Waals surface area contributed by atoms with Gasteiger partial charge < -0.3 is 5.73 Å².